The Labute approximate surface area is 367 Å². The highest BCUT2D eigenvalue weighted by molar-refractivity contribution is 6.00. The van der Waals surface area contributed by atoms with Gasteiger partial charge in [0.25, 0.3) is 5.91 Å². The Bertz CT molecular complexity index is 2020. The Morgan fingerprint density at radius 2 is 1.52 bits per heavy atom. The van der Waals surface area contributed by atoms with Crippen LogP contribution in [0.1, 0.15) is 83.4 Å². The molecule has 1 aromatic heterocycles. The maximum Gasteiger partial charge on any atom is 0.333 e. The van der Waals surface area contributed by atoms with Gasteiger partial charge in [-0.05, 0) is 55.7 Å². The molecule has 7 amide bonds. The minimum absolute atomic E-state index is 0.0335. The van der Waals surface area contributed by atoms with Gasteiger partial charge in [0, 0.05) is 40.3 Å². The molecule has 0 bridgehead atoms. The van der Waals surface area contributed by atoms with E-state index in [2.05, 4.69) is 20.9 Å². The summed E-state index contributed by atoms with van der Waals surface area (Å²) >= 11 is 0. The minimum Gasteiger partial charge on any atom is -0.505 e. The van der Waals surface area contributed by atoms with E-state index in [-0.39, 0.29) is 31.2 Å². The number of aromatic hydroxyl groups is 1. The number of nitrogens with zero attached hydrogens (tertiary/aromatic N) is 5. The van der Waals surface area contributed by atoms with E-state index >= 15 is 0 Å². The molecule has 19 nitrogen and oxygen atoms in total. The first-order valence-electron chi connectivity index (χ1n) is 21.1. The van der Waals surface area contributed by atoms with Gasteiger partial charge in [-0.1, -0.05) is 65.0 Å². The molecule has 3 heterocycles. The lowest BCUT2D eigenvalue weighted by Gasteiger charge is -2.37. The van der Waals surface area contributed by atoms with Crippen molar-refractivity contribution >= 4 is 47.3 Å². The molecule has 0 radical (unpaired) electrons. The van der Waals surface area contributed by atoms with Crippen molar-refractivity contribution in [2.75, 3.05) is 34.2 Å². The fraction of sp³-hybridized carbons (Fsp3) is 0.568. The van der Waals surface area contributed by atoms with Gasteiger partial charge >= 0.3 is 5.97 Å². The first kappa shape index (κ1) is 49.5. The summed E-state index contributed by atoms with van der Waals surface area (Å²) in [6, 6.07) is 2.60. The lowest BCUT2D eigenvalue weighted by atomic mass is 9.88. The molecule has 2 aromatic rings. The van der Waals surface area contributed by atoms with Gasteiger partial charge in [-0.15, -0.1) is 0 Å². The van der Waals surface area contributed by atoms with E-state index in [1.54, 1.807) is 51.1 Å². The number of likely N-dealkylation sites (N-methyl/N-ethyl adjacent to an activating group) is 3. The lowest BCUT2D eigenvalue weighted by molar-refractivity contribution is -0.161. The second-order valence-corrected chi connectivity index (χ2v) is 17.3. The van der Waals surface area contributed by atoms with Gasteiger partial charge < -0.3 is 50.5 Å². The van der Waals surface area contributed by atoms with E-state index in [4.69, 9.17) is 4.74 Å². The number of amides is 7. The summed E-state index contributed by atoms with van der Waals surface area (Å²) < 4.78 is 5.91. The summed E-state index contributed by atoms with van der Waals surface area (Å²) in [6.45, 7) is 11.1. The lowest BCUT2D eigenvalue weighted by Crippen LogP contribution is -2.60. The van der Waals surface area contributed by atoms with Gasteiger partial charge in [-0.25, -0.2) is 9.78 Å². The molecule has 1 aromatic carbocycles. The number of carbonyl (C=O) groups is 8. The average Bonchev–Trinajstić information content (AvgIpc) is 3.62. The van der Waals surface area contributed by atoms with E-state index in [9.17, 15) is 48.6 Å². The first-order valence-corrected chi connectivity index (χ1v) is 21.1. The number of cyclic esters (lactones) is 1. The van der Waals surface area contributed by atoms with E-state index in [1.807, 2.05) is 13.8 Å². The Hall–Kier alpha value is -6.11. The molecule has 9 atom stereocenters. The van der Waals surface area contributed by atoms with Crippen LogP contribution in [-0.2, 0) is 38.3 Å². The summed E-state index contributed by atoms with van der Waals surface area (Å²) in [5.74, 6) is -7.75. The number of nitrogens with one attached hydrogen (secondary N) is 3. The number of aromatic nitrogens is 1. The number of fused-ring (bicyclic) bond motifs is 1. The summed E-state index contributed by atoms with van der Waals surface area (Å²) in [4.78, 5) is 122. The molecule has 63 heavy (non-hydrogen) atoms. The number of aliphatic hydroxyl groups is 1. The molecule has 19 heteroatoms. The zero-order valence-corrected chi connectivity index (χ0v) is 37.6. The Morgan fingerprint density at radius 3 is 2.13 bits per heavy atom. The van der Waals surface area contributed by atoms with E-state index in [0.717, 1.165) is 14.7 Å². The second kappa shape index (κ2) is 21.3. The number of carbonyl (C=O) groups excluding carboxylic acids is 8. The van der Waals surface area contributed by atoms with E-state index in [0.29, 0.717) is 5.56 Å². The minimum atomic E-state index is -1.74. The van der Waals surface area contributed by atoms with Crippen LogP contribution in [-0.4, -0.2) is 159 Å². The van der Waals surface area contributed by atoms with E-state index < -0.39 is 120 Å². The highest BCUT2D eigenvalue weighted by Gasteiger charge is 2.45. The van der Waals surface area contributed by atoms with Gasteiger partial charge in [0.05, 0.1) is 12.6 Å². The molecule has 2 saturated heterocycles. The van der Waals surface area contributed by atoms with Crippen molar-refractivity contribution in [3.8, 4) is 5.75 Å². The van der Waals surface area contributed by atoms with Gasteiger partial charge in [0.15, 0.2) is 11.7 Å². The van der Waals surface area contributed by atoms with Crippen LogP contribution < -0.4 is 16.0 Å². The molecule has 0 spiro atoms. The van der Waals surface area contributed by atoms with Crippen molar-refractivity contribution in [2.45, 2.75) is 110 Å². The van der Waals surface area contributed by atoms with Gasteiger partial charge in [-0.2, -0.15) is 0 Å². The molecule has 2 aliphatic rings. The number of pyridine rings is 1. The van der Waals surface area contributed by atoms with Crippen molar-refractivity contribution < 1.29 is 53.3 Å². The molecule has 4 rings (SSSR count). The Kier molecular flexibility index (Phi) is 16.8. The standard InChI is InChI=1S/C44H62N8O11/c1-23(2)19-30-42(60)52-21-29(53)20-31(52)43(61)49(8)22-33(55)50(9)36(25(5)24(3)4)40(58)46-26(6)41(59)51(10)37(28-15-12-11-13-16-28)44(62)63-27(7)34(38(56)47-30)48-39(57)35-32(54)17-14-18-45-35/h11-18,23-27,29-31,34,36-37,53-54H,19-22H2,1-10H3,(H,46,58)(H,47,56)(H,48,57)/t25?,26-,27-,29+,30+,31+,34-,36-,37-/m0/s1. The third-order valence-corrected chi connectivity index (χ3v) is 11.7. The molecular formula is C44H62N8O11. The quantitative estimate of drug-likeness (QED) is 0.240. The van der Waals surface area contributed by atoms with Crippen LogP contribution in [0, 0.1) is 17.8 Å². The topological polar surface area (TPSA) is 248 Å². The van der Waals surface area contributed by atoms with Gasteiger partial charge in [0.1, 0.15) is 42.1 Å². The molecule has 2 aliphatic heterocycles. The van der Waals surface area contributed by atoms with Crippen molar-refractivity contribution in [3.63, 3.8) is 0 Å². The van der Waals surface area contributed by atoms with Crippen LogP contribution in [0.25, 0.3) is 0 Å². The summed E-state index contributed by atoms with van der Waals surface area (Å²) in [7, 11) is 4.13. The Balaban J connectivity index is 1.86. The molecule has 0 aliphatic carbocycles. The second-order valence-electron chi connectivity index (χ2n) is 17.3. The SMILES string of the molecule is CC(C)C[C@H]1NC(=O)[C@@H](NC(=O)c2ncccc2O)[C@H](C)OC(=O)[C@H](c2ccccc2)N(C)C(=O)[C@H](C)NC(=O)[C@H](C(C)C(C)C)N(C)C(=O)CN(C)C(=O)[C@H]2C[C@@H](O)CN2C1=O. The van der Waals surface area contributed by atoms with Crippen molar-refractivity contribution in [1.29, 1.82) is 0 Å². The number of benzene rings is 1. The predicted octanol–water partition coefficient (Wildman–Crippen LogP) is 0.606. The van der Waals surface area contributed by atoms with Crippen LogP contribution in [0.2, 0.25) is 0 Å². The summed E-state index contributed by atoms with van der Waals surface area (Å²) in [5, 5.41) is 29.1. The van der Waals surface area contributed by atoms with Crippen LogP contribution in [0.4, 0.5) is 0 Å². The Morgan fingerprint density at radius 1 is 0.873 bits per heavy atom. The molecule has 0 saturated carbocycles. The van der Waals surface area contributed by atoms with Crippen LogP contribution in [0.3, 0.4) is 0 Å². The van der Waals surface area contributed by atoms with Crippen LogP contribution in [0.5, 0.6) is 5.75 Å². The van der Waals surface area contributed by atoms with Crippen molar-refractivity contribution in [1.82, 2.24) is 40.5 Å². The largest absolute Gasteiger partial charge is 0.505 e. The van der Waals surface area contributed by atoms with Gasteiger partial charge in [-0.3, -0.25) is 33.6 Å². The highest BCUT2D eigenvalue weighted by Crippen LogP contribution is 2.26. The number of ether oxygens (including phenoxy) is 1. The summed E-state index contributed by atoms with van der Waals surface area (Å²) in [6.07, 6.45) is -1.52. The first-order chi connectivity index (χ1) is 29.5. The normalized spacial score (nSPS) is 27.0. The fourth-order valence-corrected chi connectivity index (χ4v) is 7.82. The van der Waals surface area contributed by atoms with Crippen LogP contribution in [0.15, 0.2) is 48.7 Å². The number of hydrogen-bond donors (Lipinski definition) is 5. The molecule has 2 fully saturated rings. The van der Waals surface area contributed by atoms with E-state index in [1.165, 1.54) is 58.2 Å². The molecule has 5 N–H and O–H groups in total. The molecule has 344 valence electrons. The molecular weight excluding hydrogens is 817 g/mol. The van der Waals surface area contributed by atoms with Crippen molar-refractivity contribution in [3.05, 3.63) is 59.9 Å². The third kappa shape index (κ3) is 11.9. The number of hydrogen-bond acceptors (Lipinski definition) is 12. The zero-order valence-electron chi connectivity index (χ0n) is 37.6. The smallest absolute Gasteiger partial charge is 0.333 e. The third-order valence-electron chi connectivity index (χ3n) is 11.7. The van der Waals surface area contributed by atoms with Crippen LogP contribution >= 0.6 is 0 Å². The monoisotopic (exact) mass is 878 g/mol. The molecule has 1 unspecified atom stereocenters. The fourth-order valence-electron chi connectivity index (χ4n) is 7.82. The maximum atomic E-state index is 14.5. The van der Waals surface area contributed by atoms with Gasteiger partial charge in [0.2, 0.25) is 35.4 Å². The number of rotatable bonds is 7. The number of aliphatic hydroxyl groups excluding tert-OH is 1. The van der Waals surface area contributed by atoms with Crippen molar-refractivity contribution in [2.24, 2.45) is 17.8 Å². The predicted molar refractivity (Wildman–Crippen MR) is 228 cm³/mol. The summed E-state index contributed by atoms with van der Waals surface area (Å²) in [5.41, 5.74) is -0.145. The number of esters is 1. The highest BCUT2D eigenvalue weighted by atomic mass is 16.5. The average molecular weight is 879 g/mol. The zero-order chi connectivity index (χ0) is 47.0. The maximum absolute atomic E-state index is 14.5.